The summed E-state index contributed by atoms with van der Waals surface area (Å²) in [6.07, 6.45) is 0. The molecule has 3 aromatic rings. The van der Waals surface area contributed by atoms with E-state index in [-0.39, 0.29) is 11.8 Å². The molecule has 29 heavy (non-hydrogen) atoms. The molecule has 0 radical (unpaired) electrons. The Morgan fingerprint density at radius 2 is 1.62 bits per heavy atom. The van der Waals surface area contributed by atoms with Crippen molar-refractivity contribution < 1.29 is 19.1 Å². The van der Waals surface area contributed by atoms with E-state index >= 15 is 0 Å². The third kappa shape index (κ3) is 4.24. The van der Waals surface area contributed by atoms with Gasteiger partial charge in [0.15, 0.2) is 5.78 Å². The van der Waals surface area contributed by atoms with Crippen LogP contribution in [0.5, 0.6) is 5.75 Å². The third-order valence-electron chi connectivity index (χ3n) is 4.98. The van der Waals surface area contributed by atoms with Gasteiger partial charge in [-0.2, -0.15) is 0 Å². The van der Waals surface area contributed by atoms with Gasteiger partial charge in [-0.05, 0) is 39.0 Å². The Morgan fingerprint density at radius 3 is 2.31 bits per heavy atom. The van der Waals surface area contributed by atoms with Gasteiger partial charge in [0.1, 0.15) is 17.9 Å². The topological polar surface area (TPSA) is 57.5 Å². The van der Waals surface area contributed by atoms with Gasteiger partial charge < -0.3 is 14.0 Å². The smallest absolute Gasteiger partial charge is 0.341 e. The lowest BCUT2D eigenvalue weighted by Gasteiger charge is -2.20. The maximum atomic E-state index is 12.9. The van der Waals surface area contributed by atoms with Crippen LogP contribution in [-0.2, 0) is 4.74 Å². The van der Waals surface area contributed by atoms with Crippen molar-refractivity contribution in [3.63, 3.8) is 0 Å². The maximum Gasteiger partial charge on any atom is 0.341 e. The zero-order valence-corrected chi connectivity index (χ0v) is 17.1. The molecule has 3 rings (SSSR count). The number of nitrogens with zero attached hydrogens (tertiary/aromatic N) is 1. The number of aromatic nitrogens is 1. The maximum absolute atomic E-state index is 12.9. The van der Waals surface area contributed by atoms with Crippen LogP contribution in [0.25, 0.3) is 0 Å². The van der Waals surface area contributed by atoms with Crippen LogP contribution >= 0.6 is 0 Å². The Hall–Kier alpha value is -3.34. The van der Waals surface area contributed by atoms with E-state index in [2.05, 4.69) is 4.57 Å². The Bertz CT molecular complexity index is 1020. The first-order valence-corrected chi connectivity index (χ1v) is 9.52. The highest BCUT2D eigenvalue weighted by molar-refractivity contribution is 6.09. The highest BCUT2D eigenvalue weighted by atomic mass is 16.5. The molecule has 1 unspecified atom stereocenters. The van der Waals surface area contributed by atoms with Crippen molar-refractivity contribution in [1.82, 2.24) is 4.57 Å². The van der Waals surface area contributed by atoms with E-state index < -0.39 is 5.97 Å². The highest BCUT2D eigenvalue weighted by Gasteiger charge is 2.21. The van der Waals surface area contributed by atoms with E-state index in [0.29, 0.717) is 29.0 Å². The molecule has 1 aromatic heterocycles. The number of carbonyl (C=O) groups is 2. The number of methoxy groups -OCH3 is 1. The fraction of sp³-hybridized carbons (Fsp3) is 0.250. The number of rotatable bonds is 7. The molecular formula is C24H25NO4. The van der Waals surface area contributed by atoms with Gasteiger partial charge in [0.25, 0.3) is 0 Å². The minimum Gasteiger partial charge on any atom is -0.491 e. The average molecular weight is 391 g/mol. The molecular weight excluding hydrogens is 366 g/mol. The van der Waals surface area contributed by atoms with Crippen molar-refractivity contribution in [2.75, 3.05) is 13.7 Å². The van der Waals surface area contributed by atoms with Crippen LogP contribution in [0.2, 0.25) is 0 Å². The van der Waals surface area contributed by atoms with E-state index in [1.807, 2.05) is 63.2 Å². The molecule has 0 saturated carbocycles. The first-order valence-electron chi connectivity index (χ1n) is 9.52. The number of para-hydroxylation sites is 1. The first kappa shape index (κ1) is 20.4. The molecule has 1 atom stereocenters. The summed E-state index contributed by atoms with van der Waals surface area (Å²) < 4.78 is 12.8. The normalized spacial score (nSPS) is 11.7. The van der Waals surface area contributed by atoms with Crippen molar-refractivity contribution in [3.05, 3.63) is 88.7 Å². The minimum absolute atomic E-state index is 0.00843. The van der Waals surface area contributed by atoms with Crippen LogP contribution in [-0.4, -0.2) is 30.0 Å². The lowest BCUT2D eigenvalue weighted by molar-refractivity contribution is 0.0595. The second-order valence-electron chi connectivity index (χ2n) is 7.00. The Morgan fingerprint density at radius 1 is 0.966 bits per heavy atom. The molecule has 0 spiro atoms. The Labute approximate surface area is 170 Å². The van der Waals surface area contributed by atoms with Crippen molar-refractivity contribution in [1.29, 1.82) is 0 Å². The van der Waals surface area contributed by atoms with Gasteiger partial charge in [0.05, 0.1) is 13.2 Å². The van der Waals surface area contributed by atoms with Crippen LogP contribution < -0.4 is 4.74 Å². The fourth-order valence-electron chi connectivity index (χ4n) is 3.59. The second kappa shape index (κ2) is 8.78. The molecule has 0 aliphatic heterocycles. The SMILES string of the molecule is COC(=O)c1ccccc1OCC(C)n1c(C)cc(C(=O)c2ccccc2)c1C. The highest BCUT2D eigenvalue weighted by Crippen LogP contribution is 2.25. The summed E-state index contributed by atoms with van der Waals surface area (Å²) in [5.74, 6) is 0.0562. The monoisotopic (exact) mass is 391 g/mol. The molecule has 1 heterocycles. The zero-order valence-electron chi connectivity index (χ0n) is 17.1. The summed E-state index contributed by atoms with van der Waals surface area (Å²) in [6.45, 7) is 6.30. The van der Waals surface area contributed by atoms with Crippen LogP contribution in [0.4, 0.5) is 0 Å². The van der Waals surface area contributed by atoms with Gasteiger partial charge in [0.2, 0.25) is 0 Å². The zero-order chi connectivity index (χ0) is 21.0. The van der Waals surface area contributed by atoms with Gasteiger partial charge in [-0.3, -0.25) is 4.79 Å². The van der Waals surface area contributed by atoms with Crippen molar-refractivity contribution in [2.45, 2.75) is 26.8 Å². The predicted molar refractivity (Wildman–Crippen MR) is 112 cm³/mol. The number of aryl methyl sites for hydroxylation is 1. The van der Waals surface area contributed by atoms with Crippen LogP contribution in [0, 0.1) is 13.8 Å². The number of benzene rings is 2. The quantitative estimate of drug-likeness (QED) is 0.430. The standard InChI is InChI=1S/C24H25NO4/c1-16-14-21(23(26)19-10-6-5-7-11-19)18(3)25(16)17(2)15-29-22-13-9-8-12-20(22)24(27)28-4/h5-14,17H,15H2,1-4H3. The molecule has 0 aliphatic rings. The van der Waals surface area contributed by atoms with E-state index in [4.69, 9.17) is 9.47 Å². The van der Waals surface area contributed by atoms with Crippen molar-refractivity contribution in [3.8, 4) is 5.75 Å². The first-order chi connectivity index (χ1) is 13.9. The number of hydrogen-bond donors (Lipinski definition) is 0. The van der Waals surface area contributed by atoms with Gasteiger partial charge in [-0.1, -0.05) is 42.5 Å². The van der Waals surface area contributed by atoms with Gasteiger partial charge in [-0.25, -0.2) is 4.79 Å². The minimum atomic E-state index is -0.433. The van der Waals surface area contributed by atoms with Crippen LogP contribution in [0.3, 0.4) is 0 Å². The van der Waals surface area contributed by atoms with Gasteiger partial charge in [0, 0.05) is 22.5 Å². The van der Waals surface area contributed by atoms with Crippen LogP contribution in [0.1, 0.15) is 50.6 Å². The lowest BCUT2D eigenvalue weighted by atomic mass is 10.0. The molecule has 150 valence electrons. The fourth-order valence-corrected chi connectivity index (χ4v) is 3.59. The van der Waals surface area contributed by atoms with E-state index in [0.717, 1.165) is 11.4 Å². The van der Waals surface area contributed by atoms with Crippen molar-refractivity contribution >= 4 is 11.8 Å². The molecule has 0 amide bonds. The summed E-state index contributed by atoms with van der Waals surface area (Å²) in [7, 11) is 1.35. The molecule has 0 N–H and O–H groups in total. The number of hydrogen-bond acceptors (Lipinski definition) is 4. The second-order valence-corrected chi connectivity index (χ2v) is 7.00. The largest absolute Gasteiger partial charge is 0.491 e. The number of carbonyl (C=O) groups excluding carboxylic acids is 2. The Kier molecular flexibility index (Phi) is 6.17. The van der Waals surface area contributed by atoms with Gasteiger partial charge in [-0.15, -0.1) is 0 Å². The molecule has 0 aliphatic carbocycles. The van der Waals surface area contributed by atoms with E-state index in [1.54, 1.807) is 18.2 Å². The summed E-state index contributed by atoms with van der Waals surface area (Å²) in [4.78, 5) is 24.8. The summed E-state index contributed by atoms with van der Waals surface area (Å²) in [6, 6.07) is 18.2. The predicted octanol–water partition coefficient (Wildman–Crippen LogP) is 4.76. The molecule has 5 heteroatoms. The van der Waals surface area contributed by atoms with Crippen molar-refractivity contribution in [2.24, 2.45) is 0 Å². The Balaban J connectivity index is 1.81. The van der Waals surface area contributed by atoms with Gasteiger partial charge >= 0.3 is 5.97 Å². The molecule has 0 saturated heterocycles. The molecule has 0 bridgehead atoms. The molecule has 5 nitrogen and oxygen atoms in total. The molecule has 2 aromatic carbocycles. The number of ether oxygens (including phenoxy) is 2. The van der Waals surface area contributed by atoms with E-state index in [9.17, 15) is 9.59 Å². The average Bonchev–Trinajstić information content (AvgIpc) is 3.05. The summed E-state index contributed by atoms with van der Waals surface area (Å²) >= 11 is 0. The number of esters is 1. The van der Waals surface area contributed by atoms with Crippen LogP contribution in [0.15, 0.2) is 60.7 Å². The van der Waals surface area contributed by atoms with E-state index in [1.165, 1.54) is 7.11 Å². The molecule has 0 fully saturated rings. The summed E-state index contributed by atoms with van der Waals surface area (Å²) in [5, 5.41) is 0. The lowest BCUT2D eigenvalue weighted by Crippen LogP contribution is -2.18. The third-order valence-corrected chi connectivity index (χ3v) is 4.98. The number of ketones is 1. The summed E-state index contributed by atoms with van der Waals surface area (Å²) in [5.41, 5.74) is 3.63.